The minimum Gasteiger partial charge on any atom is -0.220 e. The molecule has 0 amide bonds. The average Bonchev–Trinajstić information content (AvgIpc) is 2.14. The van der Waals surface area contributed by atoms with Gasteiger partial charge in [0.2, 0.25) is 0 Å². The van der Waals surface area contributed by atoms with E-state index in [9.17, 15) is 8.42 Å². The molecule has 0 atom stereocenters. The summed E-state index contributed by atoms with van der Waals surface area (Å²) in [6.45, 7) is 0. The fourth-order valence-corrected chi connectivity index (χ4v) is 0.829. The molecule has 0 saturated carbocycles. The Morgan fingerprint density at radius 2 is 2.22 bits per heavy atom. The Hall–Kier alpha value is -0.680. The Bertz CT molecular complexity index is 305. The van der Waals surface area contributed by atoms with Gasteiger partial charge < -0.3 is 0 Å². The summed E-state index contributed by atoms with van der Waals surface area (Å²) in [7, 11) is -2.36. The molecule has 0 aromatic heterocycles. The van der Waals surface area contributed by atoms with Crippen LogP contribution in [0.25, 0.3) is 0 Å². The number of nitrogens with zero attached hydrogens (tertiary/aromatic N) is 2. The van der Waals surface area contributed by atoms with E-state index in [0.717, 1.165) is 0 Å². The number of hydrogen-bond acceptors (Lipinski definition) is 2. The van der Waals surface area contributed by atoms with Crippen LogP contribution in [0.15, 0.2) is 9.98 Å². The summed E-state index contributed by atoms with van der Waals surface area (Å²) in [6.07, 6.45) is 1.17. The minimum absolute atomic E-state index is 0.0919. The molecule has 0 unspecified atom stereocenters. The van der Waals surface area contributed by atoms with Gasteiger partial charge in [0.1, 0.15) is 0 Å². The van der Waals surface area contributed by atoms with Crippen LogP contribution in [0.1, 0.15) is 0 Å². The summed E-state index contributed by atoms with van der Waals surface area (Å²) >= 11 is 5.26. The molecule has 9 heavy (non-hydrogen) atoms. The van der Waals surface area contributed by atoms with Crippen molar-refractivity contribution >= 4 is 38.4 Å². The van der Waals surface area contributed by atoms with Crippen LogP contribution >= 0.6 is 11.6 Å². The van der Waals surface area contributed by atoms with Gasteiger partial charge in [-0.05, 0) is 0 Å². The first-order chi connectivity index (χ1) is 4.20. The molecule has 0 bridgehead atoms. The van der Waals surface area contributed by atoms with Crippen molar-refractivity contribution in [2.24, 2.45) is 9.98 Å². The summed E-state index contributed by atoms with van der Waals surface area (Å²) in [4.78, 5) is 6.71. The third-order valence-electron chi connectivity index (χ3n) is 0.633. The Morgan fingerprint density at radius 1 is 1.56 bits per heavy atom. The zero-order valence-electron chi connectivity index (χ0n) is 4.07. The third-order valence-corrected chi connectivity index (χ3v) is 1.31. The smallest absolute Gasteiger partial charge is 0.220 e. The Balaban J connectivity index is 3.25. The number of halogens is 1. The first kappa shape index (κ1) is 6.44. The fourth-order valence-electron chi connectivity index (χ4n) is 0.338. The van der Waals surface area contributed by atoms with Gasteiger partial charge in [0, 0.05) is 0 Å². The molecule has 48 valence electrons. The molecule has 0 aromatic rings. The van der Waals surface area contributed by atoms with Crippen LogP contribution in [0.4, 0.5) is 0 Å². The maximum Gasteiger partial charge on any atom is 0.277 e. The first-order valence-electron chi connectivity index (χ1n) is 1.94. The molecule has 0 N–H and O–H groups in total. The highest BCUT2D eigenvalue weighted by atomic mass is 35.5. The number of aliphatic imine (C=N–C) groups is 2. The SMILES string of the molecule is O=S(=O)=C1N=CC(Cl)=N1. The van der Waals surface area contributed by atoms with E-state index in [-0.39, 0.29) is 10.3 Å². The van der Waals surface area contributed by atoms with Gasteiger partial charge in [-0.15, -0.1) is 0 Å². The van der Waals surface area contributed by atoms with Crippen LogP contribution < -0.4 is 0 Å². The van der Waals surface area contributed by atoms with Crippen molar-refractivity contribution in [3.8, 4) is 0 Å². The van der Waals surface area contributed by atoms with Gasteiger partial charge in [0.25, 0.3) is 15.4 Å². The van der Waals surface area contributed by atoms with Gasteiger partial charge in [0.15, 0.2) is 5.17 Å². The predicted octanol–water partition coefficient (Wildman–Crippen LogP) is -0.325. The molecule has 0 aromatic carbocycles. The van der Waals surface area contributed by atoms with E-state index in [1.807, 2.05) is 0 Å². The van der Waals surface area contributed by atoms with E-state index >= 15 is 0 Å². The molecule has 0 saturated heterocycles. The quantitative estimate of drug-likeness (QED) is 0.461. The molecule has 1 heterocycles. The molecular formula is C3HClN2O2S. The molecule has 0 fully saturated rings. The number of rotatable bonds is 0. The lowest BCUT2D eigenvalue weighted by Crippen LogP contribution is -1.83. The molecule has 1 rings (SSSR count). The van der Waals surface area contributed by atoms with Crippen LogP contribution in [0.2, 0.25) is 0 Å². The highest BCUT2D eigenvalue weighted by Gasteiger charge is 2.03. The van der Waals surface area contributed by atoms with Gasteiger partial charge >= 0.3 is 0 Å². The van der Waals surface area contributed by atoms with Crippen molar-refractivity contribution in [2.75, 3.05) is 0 Å². The van der Waals surface area contributed by atoms with Crippen molar-refractivity contribution in [1.82, 2.24) is 0 Å². The monoisotopic (exact) mass is 164 g/mol. The molecule has 1 aliphatic heterocycles. The van der Waals surface area contributed by atoms with Gasteiger partial charge in [-0.1, -0.05) is 11.6 Å². The predicted molar refractivity (Wildman–Crippen MR) is 35.7 cm³/mol. The van der Waals surface area contributed by atoms with Gasteiger partial charge in [-0.2, -0.15) is 8.42 Å². The lowest BCUT2D eigenvalue weighted by atomic mass is 10.8. The van der Waals surface area contributed by atoms with Crippen molar-refractivity contribution in [1.29, 1.82) is 0 Å². The van der Waals surface area contributed by atoms with Crippen LogP contribution in [0, 0.1) is 0 Å². The van der Waals surface area contributed by atoms with Crippen LogP contribution in [-0.4, -0.2) is 24.9 Å². The second kappa shape index (κ2) is 2.28. The standard InChI is InChI=1S/C3HClN2O2S/c4-2-1-5-3(6-2)9(7)8/h1H. The number of hydrogen-bond donors (Lipinski definition) is 0. The third kappa shape index (κ3) is 1.36. The zero-order valence-corrected chi connectivity index (χ0v) is 5.65. The topological polar surface area (TPSA) is 58.9 Å². The lowest BCUT2D eigenvalue weighted by molar-refractivity contribution is 0.626. The van der Waals surface area contributed by atoms with E-state index < -0.39 is 10.3 Å². The summed E-state index contributed by atoms with van der Waals surface area (Å²) in [6, 6.07) is 0. The Kier molecular flexibility index (Phi) is 1.63. The minimum atomic E-state index is -2.36. The summed E-state index contributed by atoms with van der Waals surface area (Å²) in [5, 5.41) is -0.172. The van der Waals surface area contributed by atoms with Gasteiger partial charge in [-0.25, -0.2) is 9.98 Å². The second-order valence-electron chi connectivity index (χ2n) is 1.21. The molecule has 0 aliphatic carbocycles. The first-order valence-corrected chi connectivity index (χ1v) is 3.40. The van der Waals surface area contributed by atoms with Gasteiger partial charge in [-0.3, -0.25) is 0 Å². The largest absolute Gasteiger partial charge is 0.277 e. The summed E-state index contributed by atoms with van der Waals surface area (Å²) < 4.78 is 20.1. The second-order valence-corrected chi connectivity index (χ2v) is 2.43. The van der Waals surface area contributed by atoms with Crippen molar-refractivity contribution < 1.29 is 8.42 Å². The van der Waals surface area contributed by atoms with Crippen LogP contribution in [-0.2, 0) is 10.3 Å². The van der Waals surface area contributed by atoms with E-state index in [1.54, 1.807) is 0 Å². The van der Waals surface area contributed by atoms with Crippen LogP contribution in [0.3, 0.4) is 0 Å². The van der Waals surface area contributed by atoms with Crippen molar-refractivity contribution in [3.05, 3.63) is 0 Å². The van der Waals surface area contributed by atoms with E-state index in [4.69, 9.17) is 11.6 Å². The molecule has 0 spiro atoms. The molecule has 6 heteroatoms. The fraction of sp³-hybridized carbons (Fsp3) is 0. The highest BCUT2D eigenvalue weighted by Crippen LogP contribution is 1.93. The molecule has 1 aliphatic rings. The van der Waals surface area contributed by atoms with E-state index in [2.05, 4.69) is 9.98 Å². The summed E-state index contributed by atoms with van der Waals surface area (Å²) in [5.41, 5.74) is 0. The summed E-state index contributed by atoms with van der Waals surface area (Å²) in [5.74, 6) is 0. The maximum atomic E-state index is 10.0. The molecular weight excluding hydrogens is 164 g/mol. The van der Waals surface area contributed by atoms with Gasteiger partial charge in [0.05, 0.1) is 6.21 Å². The van der Waals surface area contributed by atoms with E-state index in [1.165, 1.54) is 6.21 Å². The van der Waals surface area contributed by atoms with Crippen molar-refractivity contribution in [3.63, 3.8) is 0 Å². The molecule has 0 radical (unpaired) electrons. The normalized spacial score (nSPS) is 16.1. The Labute approximate surface area is 57.4 Å². The zero-order chi connectivity index (χ0) is 6.85. The maximum absolute atomic E-state index is 10.0. The average molecular weight is 165 g/mol. The van der Waals surface area contributed by atoms with Crippen LogP contribution in [0.5, 0.6) is 0 Å². The molecule has 4 nitrogen and oxygen atoms in total. The lowest BCUT2D eigenvalue weighted by Gasteiger charge is -1.70. The Morgan fingerprint density at radius 3 is 2.44 bits per heavy atom. The highest BCUT2D eigenvalue weighted by molar-refractivity contribution is 7.73. The van der Waals surface area contributed by atoms with Crippen molar-refractivity contribution in [2.45, 2.75) is 0 Å². The van der Waals surface area contributed by atoms with E-state index in [0.29, 0.717) is 0 Å².